The highest BCUT2D eigenvalue weighted by Gasteiger charge is 2.29. The Bertz CT molecular complexity index is 1000. The number of carbonyl (C=O) groups is 2. The number of rotatable bonds is 5. The number of likely N-dealkylation sites (tertiary alicyclic amines) is 1. The van der Waals surface area contributed by atoms with Gasteiger partial charge in [-0.3, -0.25) is 14.3 Å². The molecule has 1 aliphatic heterocycles. The standard InChI is InChI=1S/C23H25N3O2/c1-25-15-17(14-24-25)11-12-22(27)26-13-5-8-19(16-26)23(28)21-10-4-7-18-6-2-3-9-20(18)21/h2-4,6-7,9-10,14-15,19H,5,8,11-13,16H2,1H3/t19-/m0/s1. The van der Waals surface area contributed by atoms with Gasteiger partial charge in [0.1, 0.15) is 0 Å². The van der Waals surface area contributed by atoms with Crippen LogP contribution in [0.25, 0.3) is 10.8 Å². The average molecular weight is 375 g/mol. The van der Waals surface area contributed by atoms with Crippen molar-refractivity contribution in [1.82, 2.24) is 14.7 Å². The molecule has 5 nitrogen and oxygen atoms in total. The first-order valence-electron chi connectivity index (χ1n) is 9.89. The van der Waals surface area contributed by atoms with Gasteiger partial charge in [-0.05, 0) is 35.6 Å². The molecule has 3 aromatic rings. The van der Waals surface area contributed by atoms with Crippen LogP contribution in [0.1, 0.15) is 35.2 Å². The van der Waals surface area contributed by atoms with E-state index in [-0.39, 0.29) is 17.6 Å². The molecule has 0 saturated carbocycles. The summed E-state index contributed by atoms with van der Waals surface area (Å²) in [5.41, 5.74) is 1.84. The van der Waals surface area contributed by atoms with Gasteiger partial charge in [0.15, 0.2) is 5.78 Å². The molecule has 0 aliphatic carbocycles. The van der Waals surface area contributed by atoms with Gasteiger partial charge in [-0.15, -0.1) is 0 Å². The summed E-state index contributed by atoms with van der Waals surface area (Å²) in [5.74, 6) is 0.155. The number of carbonyl (C=O) groups excluding carboxylic acids is 2. The summed E-state index contributed by atoms with van der Waals surface area (Å²) in [7, 11) is 1.87. The van der Waals surface area contributed by atoms with Gasteiger partial charge < -0.3 is 4.90 Å². The van der Waals surface area contributed by atoms with Crippen LogP contribution in [0.4, 0.5) is 0 Å². The third kappa shape index (κ3) is 3.84. The first-order chi connectivity index (χ1) is 13.6. The summed E-state index contributed by atoms with van der Waals surface area (Å²) >= 11 is 0. The lowest BCUT2D eigenvalue weighted by atomic mass is 9.88. The highest BCUT2D eigenvalue weighted by molar-refractivity contribution is 6.09. The summed E-state index contributed by atoms with van der Waals surface area (Å²) in [6.45, 7) is 1.26. The fraction of sp³-hybridized carbons (Fsp3) is 0.348. The third-order valence-corrected chi connectivity index (χ3v) is 5.59. The molecule has 4 rings (SSSR count). The van der Waals surface area contributed by atoms with Crippen LogP contribution < -0.4 is 0 Å². The fourth-order valence-corrected chi connectivity index (χ4v) is 4.09. The van der Waals surface area contributed by atoms with Crippen molar-refractivity contribution in [1.29, 1.82) is 0 Å². The molecule has 1 saturated heterocycles. The minimum atomic E-state index is -0.123. The quantitative estimate of drug-likeness (QED) is 0.640. The normalized spacial score (nSPS) is 17.0. The lowest BCUT2D eigenvalue weighted by molar-refractivity contribution is -0.132. The molecule has 0 N–H and O–H groups in total. The molecule has 144 valence electrons. The Kier molecular flexibility index (Phi) is 5.24. The largest absolute Gasteiger partial charge is 0.342 e. The van der Waals surface area contributed by atoms with Crippen LogP contribution in [0.15, 0.2) is 54.9 Å². The van der Waals surface area contributed by atoms with E-state index in [4.69, 9.17) is 0 Å². The summed E-state index contributed by atoms with van der Waals surface area (Å²) in [4.78, 5) is 27.8. The van der Waals surface area contributed by atoms with Crippen molar-refractivity contribution in [3.8, 4) is 0 Å². The Hall–Kier alpha value is -2.95. The third-order valence-electron chi connectivity index (χ3n) is 5.59. The van der Waals surface area contributed by atoms with Gasteiger partial charge in [-0.2, -0.15) is 5.10 Å². The number of aryl methyl sites for hydroxylation is 2. The van der Waals surface area contributed by atoms with E-state index in [1.807, 2.05) is 60.6 Å². The maximum Gasteiger partial charge on any atom is 0.222 e. The van der Waals surface area contributed by atoms with Gasteiger partial charge in [-0.1, -0.05) is 42.5 Å². The zero-order valence-corrected chi connectivity index (χ0v) is 16.2. The number of amides is 1. The van der Waals surface area contributed by atoms with Crippen molar-refractivity contribution in [3.63, 3.8) is 0 Å². The Labute approximate surface area is 165 Å². The average Bonchev–Trinajstić information content (AvgIpc) is 3.16. The molecule has 1 aliphatic rings. The number of aromatic nitrogens is 2. The Morgan fingerprint density at radius 2 is 1.96 bits per heavy atom. The van der Waals surface area contributed by atoms with Crippen molar-refractivity contribution in [2.24, 2.45) is 13.0 Å². The maximum absolute atomic E-state index is 13.2. The van der Waals surface area contributed by atoms with Gasteiger partial charge in [0.2, 0.25) is 5.91 Å². The predicted octanol–water partition coefficient (Wildman–Crippen LogP) is 3.63. The summed E-state index contributed by atoms with van der Waals surface area (Å²) < 4.78 is 1.75. The zero-order chi connectivity index (χ0) is 19.5. The molecule has 0 bridgehead atoms. The second-order valence-electron chi connectivity index (χ2n) is 7.59. The Balaban J connectivity index is 1.44. The van der Waals surface area contributed by atoms with E-state index in [1.54, 1.807) is 10.9 Å². The number of Topliss-reactive ketones (excluding diaryl/α,β-unsaturated/α-hetero) is 1. The van der Waals surface area contributed by atoms with Crippen LogP contribution >= 0.6 is 0 Å². The molecule has 1 amide bonds. The van der Waals surface area contributed by atoms with Crippen molar-refractivity contribution in [2.45, 2.75) is 25.7 Å². The topological polar surface area (TPSA) is 55.2 Å². The van der Waals surface area contributed by atoms with Crippen LogP contribution in [0.2, 0.25) is 0 Å². The van der Waals surface area contributed by atoms with Crippen molar-refractivity contribution < 1.29 is 9.59 Å². The van der Waals surface area contributed by atoms with E-state index in [1.165, 1.54) is 0 Å². The molecule has 1 fully saturated rings. The monoisotopic (exact) mass is 375 g/mol. The van der Waals surface area contributed by atoms with E-state index in [0.717, 1.165) is 41.3 Å². The van der Waals surface area contributed by atoms with Crippen molar-refractivity contribution in [2.75, 3.05) is 13.1 Å². The second-order valence-corrected chi connectivity index (χ2v) is 7.59. The molecular formula is C23H25N3O2. The first-order valence-corrected chi connectivity index (χ1v) is 9.89. The predicted molar refractivity (Wildman–Crippen MR) is 109 cm³/mol. The first kappa shape index (κ1) is 18.4. The molecule has 1 aromatic heterocycles. The molecule has 0 spiro atoms. The molecule has 2 heterocycles. The van der Waals surface area contributed by atoms with Gasteiger partial charge in [0.25, 0.3) is 0 Å². The second kappa shape index (κ2) is 7.97. The molecule has 0 unspecified atom stereocenters. The van der Waals surface area contributed by atoms with E-state index < -0.39 is 0 Å². The van der Waals surface area contributed by atoms with E-state index >= 15 is 0 Å². The van der Waals surface area contributed by atoms with Crippen molar-refractivity contribution >= 4 is 22.5 Å². The summed E-state index contributed by atoms with van der Waals surface area (Å²) in [6.07, 6.45) is 6.60. The number of benzene rings is 2. The van der Waals surface area contributed by atoms with Gasteiger partial charge in [0, 0.05) is 44.2 Å². The lowest BCUT2D eigenvalue weighted by Crippen LogP contribution is -2.42. The number of hydrogen-bond acceptors (Lipinski definition) is 3. The number of ketones is 1. The zero-order valence-electron chi connectivity index (χ0n) is 16.2. The lowest BCUT2D eigenvalue weighted by Gasteiger charge is -2.32. The van der Waals surface area contributed by atoms with E-state index in [9.17, 15) is 9.59 Å². The molecule has 0 radical (unpaired) electrons. The maximum atomic E-state index is 13.2. The van der Waals surface area contributed by atoms with Gasteiger partial charge in [0.05, 0.1) is 6.20 Å². The SMILES string of the molecule is Cn1cc(CCC(=O)N2CCC[C@H](C(=O)c3cccc4ccccc34)C2)cn1. The molecule has 28 heavy (non-hydrogen) atoms. The number of nitrogens with zero attached hydrogens (tertiary/aromatic N) is 3. The van der Waals surface area contributed by atoms with Crippen LogP contribution in [0.3, 0.4) is 0 Å². The molecule has 2 aromatic carbocycles. The van der Waals surface area contributed by atoms with Crippen molar-refractivity contribution in [3.05, 3.63) is 66.0 Å². The van der Waals surface area contributed by atoms with Crippen LogP contribution in [-0.2, 0) is 18.3 Å². The minimum absolute atomic E-state index is 0.123. The summed E-state index contributed by atoms with van der Waals surface area (Å²) in [5, 5.41) is 6.22. The summed E-state index contributed by atoms with van der Waals surface area (Å²) in [6, 6.07) is 13.9. The van der Waals surface area contributed by atoms with Crippen LogP contribution in [0, 0.1) is 5.92 Å². The highest BCUT2D eigenvalue weighted by atomic mass is 16.2. The molecule has 1 atom stereocenters. The van der Waals surface area contributed by atoms with Crippen LogP contribution in [-0.4, -0.2) is 39.5 Å². The molecular weight excluding hydrogens is 350 g/mol. The minimum Gasteiger partial charge on any atom is -0.342 e. The van der Waals surface area contributed by atoms with Crippen LogP contribution in [0.5, 0.6) is 0 Å². The Morgan fingerprint density at radius 1 is 1.14 bits per heavy atom. The molecule has 5 heteroatoms. The van der Waals surface area contributed by atoms with E-state index in [0.29, 0.717) is 19.4 Å². The number of hydrogen-bond donors (Lipinski definition) is 0. The van der Waals surface area contributed by atoms with E-state index in [2.05, 4.69) is 5.10 Å². The number of piperidine rings is 1. The van der Waals surface area contributed by atoms with Gasteiger partial charge in [-0.25, -0.2) is 0 Å². The highest BCUT2D eigenvalue weighted by Crippen LogP contribution is 2.26. The van der Waals surface area contributed by atoms with Gasteiger partial charge >= 0.3 is 0 Å². The smallest absolute Gasteiger partial charge is 0.222 e. The fourth-order valence-electron chi connectivity index (χ4n) is 4.09. The Morgan fingerprint density at radius 3 is 2.79 bits per heavy atom. The number of fused-ring (bicyclic) bond motifs is 1.